The molecule has 1 heterocycles. The number of benzene rings is 1. The van der Waals surface area contributed by atoms with E-state index in [2.05, 4.69) is 46.3 Å². The van der Waals surface area contributed by atoms with E-state index in [1.165, 1.54) is 5.56 Å². The van der Waals surface area contributed by atoms with Gasteiger partial charge in [0.15, 0.2) is 11.5 Å². The van der Waals surface area contributed by atoms with Gasteiger partial charge in [0.25, 0.3) is 0 Å². The lowest BCUT2D eigenvalue weighted by molar-refractivity contribution is 0.173. The van der Waals surface area contributed by atoms with E-state index in [-0.39, 0.29) is 0 Å². The number of hydrogen-bond acceptors (Lipinski definition) is 4. The highest BCUT2D eigenvalue weighted by Gasteiger charge is 2.17. The van der Waals surface area contributed by atoms with Crippen LogP contribution in [-0.2, 0) is 6.54 Å². The summed E-state index contributed by atoms with van der Waals surface area (Å²) in [5.74, 6) is 1.64. The van der Waals surface area contributed by atoms with Crippen molar-refractivity contribution >= 4 is 15.9 Å². The quantitative estimate of drug-likeness (QED) is 0.816. The molecule has 1 aromatic rings. The maximum Gasteiger partial charge on any atom is 0.231 e. The molecule has 0 fully saturated rings. The van der Waals surface area contributed by atoms with Gasteiger partial charge in [0.05, 0.1) is 4.47 Å². The minimum atomic E-state index is 0.313. The third-order valence-corrected chi connectivity index (χ3v) is 3.36. The first-order valence-electron chi connectivity index (χ1n) is 6.10. The van der Waals surface area contributed by atoms with E-state index in [4.69, 9.17) is 9.47 Å². The van der Waals surface area contributed by atoms with Crippen LogP contribution in [-0.4, -0.2) is 38.9 Å². The molecule has 0 aromatic heterocycles. The lowest BCUT2D eigenvalue weighted by atomic mass is 10.2. The highest BCUT2D eigenvalue weighted by Crippen LogP contribution is 2.39. The van der Waals surface area contributed by atoms with E-state index in [9.17, 15) is 0 Å². The van der Waals surface area contributed by atoms with Gasteiger partial charge in [0.2, 0.25) is 6.79 Å². The summed E-state index contributed by atoms with van der Waals surface area (Å²) in [6.45, 7) is 3.29. The molecule has 0 spiro atoms. The smallest absolute Gasteiger partial charge is 0.231 e. The van der Waals surface area contributed by atoms with Gasteiger partial charge in [-0.3, -0.25) is 0 Å². The fraction of sp³-hybridized carbons (Fsp3) is 0.538. The maximum absolute atomic E-state index is 5.39. The Kier molecular flexibility index (Phi) is 4.86. The van der Waals surface area contributed by atoms with Crippen molar-refractivity contribution < 1.29 is 9.47 Å². The molecule has 0 radical (unpaired) electrons. The Labute approximate surface area is 116 Å². The van der Waals surface area contributed by atoms with Crippen molar-refractivity contribution in [3.63, 3.8) is 0 Å². The zero-order valence-corrected chi connectivity index (χ0v) is 12.4. The molecule has 1 aliphatic rings. The van der Waals surface area contributed by atoms with Crippen molar-refractivity contribution in [1.82, 2.24) is 10.2 Å². The van der Waals surface area contributed by atoms with Crippen molar-refractivity contribution in [2.45, 2.75) is 13.0 Å². The second kappa shape index (κ2) is 6.41. The number of halogens is 1. The van der Waals surface area contributed by atoms with E-state index < -0.39 is 0 Å². The molecule has 0 aliphatic carbocycles. The van der Waals surface area contributed by atoms with Crippen LogP contribution in [0, 0.1) is 0 Å². The fourth-order valence-corrected chi connectivity index (χ4v) is 2.48. The van der Waals surface area contributed by atoms with Crippen molar-refractivity contribution in [3.05, 3.63) is 22.2 Å². The normalized spacial score (nSPS) is 13.3. The summed E-state index contributed by atoms with van der Waals surface area (Å²) >= 11 is 3.50. The predicted molar refractivity (Wildman–Crippen MR) is 75.1 cm³/mol. The minimum absolute atomic E-state index is 0.313. The first-order chi connectivity index (χ1) is 8.66. The Morgan fingerprint density at radius 2 is 2.17 bits per heavy atom. The molecule has 1 aromatic carbocycles. The molecule has 0 saturated carbocycles. The molecule has 0 amide bonds. The Balaban J connectivity index is 1.81. The third-order valence-electron chi connectivity index (χ3n) is 2.78. The van der Waals surface area contributed by atoms with Crippen LogP contribution in [0.25, 0.3) is 0 Å². The summed E-state index contributed by atoms with van der Waals surface area (Å²) < 4.78 is 11.7. The molecule has 1 N–H and O–H groups in total. The third kappa shape index (κ3) is 3.60. The Morgan fingerprint density at radius 1 is 1.33 bits per heavy atom. The van der Waals surface area contributed by atoms with Gasteiger partial charge in [-0.15, -0.1) is 0 Å². The summed E-state index contributed by atoms with van der Waals surface area (Å²) in [6.07, 6.45) is 1.15. The lowest BCUT2D eigenvalue weighted by Crippen LogP contribution is -2.20. The van der Waals surface area contributed by atoms with Crippen LogP contribution in [0.3, 0.4) is 0 Å². The van der Waals surface area contributed by atoms with Gasteiger partial charge in [-0.1, -0.05) is 0 Å². The molecular formula is C13H19BrN2O2. The van der Waals surface area contributed by atoms with Crippen molar-refractivity contribution in [3.8, 4) is 11.5 Å². The zero-order valence-electron chi connectivity index (χ0n) is 10.8. The van der Waals surface area contributed by atoms with Gasteiger partial charge in [0.1, 0.15) is 0 Å². The average molecular weight is 315 g/mol. The van der Waals surface area contributed by atoms with Gasteiger partial charge < -0.3 is 19.7 Å². The van der Waals surface area contributed by atoms with Gasteiger partial charge in [-0.2, -0.15) is 0 Å². The van der Waals surface area contributed by atoms with E-state index in [0.717, 1.165) is 42.0 Å². The van der Waals surface area contributed by atoms with Crippen LogP contribution in [0.4, 0.5) is 0 Å². The molecule has 1 aliphatic heterocycles. The first kappa shape index (κ1) is 13.6. The van der Waals surface area contributed by atoms with E-state index in [1.807, 2.05) is 6.07 Å². The Bertz CT molecular complexity index is 410. The summed E-state index contributed by atoms with van der Waals surface area (Å²) in [6, 6.07) is 4.11. The monoisotopic (exact) mass is 314 g/mol. The molecule has 4 nitrogen and oxygen atoms in total. The summed E-state index contributed by atoms with van der Waals surface area (Å²) in [7, 11) is 4.18. The van der Waals surface area contributed by atoms with Crippen LogP contribution in [0.5, 0.6) is 11.5 Å². The van der Waals surface area contributed by atoms with E-state index in [1.54, 1.807) is 0 Å². The number of rotatable bonds is 6. The minimum Gasteiger partial charge on any atom is -0.454 e. The average Bonchev–Trinajstić information content (AvgIpc) is 2.77. The van der Waals surface area contributed by atoms with Gasteiger partial charge in [0, 0.05) is 6.54 Å². The zero-order chi connectivity index (χ0) is 13.0. The van der Waals surface area contributed by atoms with Gasteiger partial charge in [-0.25, -0.2) is 0 Å². The number of ether oxygens (including phenoxy) is 2. The summed E-state index contributed by atoms with van der Waals surface area (Å²) in [5, 5.41) is 3.43. The lowest BCUT2D eigenvalue weighted by Gasteiger charge is -2.10. The number of nitrogens with zero attached hydrogens (tertiary/aromatic N) is 1. The number of hydrogen-bond donors (Lipinski definition) is 1. The van der Waals surface area contributed by atoms with Crippen molar-refractivity contribution in [2.75, 3.05) is 34.0 Å². The largest absolute Gasteiger partial charge is 0.454 e. The molecule has 0 unspecified atom stereocenters. The molecule has 18 heavy (non-hydrogen) atoms. The SMILES string of the molecule is CN(C)CCCNCc1cc(Br)c2c(c1)OCO2. The molecule has 5 heteroatoms. The van der Waals surface area contributed by atoms with Gasteiger partial charge in [-0.05, 0) is 67.2 Å². The fourth-order valence-electron chi connectivity index (χ4n) is 1.88. The second-order valence-corrected chi connectivity index (χ2v) is 5.50. The predicted octanol–water partition coefficient (Wildman–Crippen LogP) is 2.22. The Morgan fingerprint density at radius 3 is 2.94 bits per heavy atom. The van der Waals surface area contributed by atoms with Crippen molar-refractivity contribution in [1.29, 1.82) is 0 Å². The standard InChI is InChI=1S/C13H19BrN2O2/c1-16(2)5-3-4-15-8-10-6-11(14)13-12(7-10)17-9-18-13/h6-7,15H,3-5,8-9H2,1-2H3. The summed E-state index contributed by atoms with van der Waals surface area (Å²) in [4.78, 5) is 2.19. The van der Waals surface area contributed by atoms with Crippen LogP contribution >= 0.6 is 15.9 Å². The van der Waals surface area contributed by atoms with Crippen LogP contribution in [0.1, 0.15) is 12.0 Å². The molecule has 0 bridgehead atoms. The van der Waals surface area contributed by atoms with Crippen LogP contribution in [0.15, 0.2) is 16.6 Å². The first-order valence-corrected chi connectivity index (χ1v) is 6.89. The Hall–Kier alpha value is -0.780. The second-order valence-electron chi connectivity index (χ2n) is 4.65. The van der Waals surface area contributed by atoms with Crippen LogP contribution < -0.4 is 14.8 Å². The molecule has 0 saturated heterocycles. The van der Waals surface area contributed by atoms with Crippen molar-refractivity contribution in [2.24, 2.45) is 0 Å². The maximum atomic E-state index is 5.39. The van der Waals surface area contributed by atoms with E-state index >= 15 is 0 Å². The molecule has 0 atom stereocenters. The van der Waals surface area contributed by atoms with E-state index in [0.29, 0.717) is 6.79 Å². The van der Waals surface area contributed by atoms with Crippen LogP contribution in [0.2, 0.25) is 0 Å². The molecule has 2 rings (SSSR count). The highest BCUT2D eigenvalue weighted by atomic mass is 79.9. The van der Waals surface area contributed by atoms with Gasteiger partial charge >= 0.3 is 0 Å². The molecular weight excluding hydrogens is 296 g/mol. The number of nitrogens with one attached hydrogen (secondary N) is 1. The topological polar surface area (TPSA) is 33.7 Å². The number of fused-ring (bicyclic) bond motifs is 1. The highest BCUT2D eigenvalue weighted by molar-refractivity contribution is 9.10. The molecule has 100 valence electrons. The summed E-state index contributed by atoms with van der Waals surface area (Å²) in [5.41, 5.74) is 1.20.